The van der Waals surface area contributed by atoms with Crippen LogP contribution in [0.3, 0.4) is 0 Å². The van der Waals surface area contributed by atoms with Crippen molar-refractivity contribution in [3.05, 3.63) is 35.5 Å². The van der Waals surface area contributed by atoms with Crippen molar-refractivity contribution in [2.24, 2.45) is 0 Å². The Labute approximate surface area is 118 Å². The van der Waals surface area contributed by atoms with E-state index >= 15 is 0 Å². The summed E-state index contributed by atoms with van der Waals surface area (Å²) >= 11 is -0.918. The molecule has 76 valence electrons. The van der Waals surface area contributed by atoms with Gasteiger partial charge in [0.2, 0.25) is 0 Å². The van der Waals surface area contributed by atoms with Crippen LogP contribution in [0.2, 0.25) is 0 Å². The summed E-state index contributed by atoms with van der Waals surface area (Å²) in [4.78, 5) is 0. The standard InChI is InChI=1S/2C7H9.Ba/c2*1-2-7-5-3-4-6-7;/h2*3,5H,2,4H2,1H3;. The molecule has 0 spiro atoms. The van der Waals surface area contributed by atoms with Crippen LogP contribution in [0.25, 0.3) is 0 Å². The fourth-order valence-corrected chi connectivity index (χ4v) is 9.86. The quantitative estimate of drug-likeness (QED) is 0.688. The molecule has 0 saturated heterocycles. The molecule has 1 heteroatoms. The SMILES string of the molecule is CCC1=[C]([Ba][C]2=C(CC)C=CC2)CC=C1. The first kappa shape index (κ1) is 12.0. The first-order valence-electron chi connectivity index (χ1n) is 6.10. The molecule has 0 saturated carbocycles. The summed E-state index contributed by atoms with van der Waals surface area (Å²) in [5, 5.41) is 0. The van der Waals surface area contributed by atoms with Gasteiger partial charge in [0.15, 0.2) is 0 Å². The molecule has 0 aromatic heterocycles. The van der Waals surface area contributed by atoms with Gasteiger partial charge in [-0.25, -0.2) is 0 Å². The summed E-state index contributed by atoms with van der Waals surface area (Å²) in [6.45, 7) is 4.59. The molecule has 0 bridgehead atoms. The Kier molecular flexibility index (Phi) is 4.59. The Morgan fingerprint density at radius 3 is 1.80 bits per heavy atom. The van der Waals surface area contributed by atoms with E-state index in [0.717, 1.165) is 0 Å². The van der Waals surface area contributed by atoms with Gasteiger partial charge in [0.05, 0.1) is 0 Å². The van der Waals surface area contributed by atoms with Crippen LogP contribution in [0.4, 0.5) is 0 Å². The van der Waals surface area contributed by atoms with Gasteiger partial charge in [-0.05, 0) is 0 Å². The Hall–Kier alpha value is 0.531. The van der Waals surface area contributed by atoms with Crippen molar-refractivity contribution < 1.29 is 0 Å². The van der Waals surface area contributed by atoms with Crippen LogP contribution in [0, 0.1) is 0 Å². The molecule has 2 aliphatic rings. The summed E-state index contributed by atoms with van der Waals surface area (Å²) in [6.07, 6.45) is 14.5. The summed E-state index contributed by atoms with van der Waals surface area (Å²) in [7, 11) is 0. The van der Waals surface area contributed by atoms with Crippen molar-refractivity contribution in [2.45, 2.75) is 39.5 Å². The summed E-state index contributed by atoms with van der Waals surface area (Å²) < 4.78 is 3.75. The van der Waals surface area contributed by atoms with Crippen LogP contribution < -0.4 is 0 Å². The number of allylic oxidation sites excluding steroid dienone is 8. The van der Waals surface area contributed by atoms with Crippen LogP contribution in [-0.4, -0.2) is 44.2 Å². The molecular formula is C14H18Ba. The van der Waals surface area contributed by atoms with Gasteiger partial charge < -0.3 is 0 Å². The molecule has 0 radical (unpaired) electrons. The predicted molar refractivity (Wildman–Crippen MR) is 67.9 cm³/mol. The fraction of sp³-hybridized carbons (Fsp3) is 0.429. The van der Waals surface area contributed by atoms with Gasteiger partial charge in [-0.1, -0.05) is 0 Å². The van der Waals surface area contributed by atoms with E-state index in [-0.39, 0.29) is 0 Å². The van der Waals surface area contributed by atoms with Crippen molar-refractivity contribution in [1.29, 1.82) is 0 Å². The van der Waals surface area contributed by atoms with Crippen LogP contribution in [-0.2, 0) is 0 Å². The van der Waals surface area contributed by atoms with E-state index in [1.54, 1.807) is 11.1 Å². The van der Waals surface area contributed by atoms with E-state index in [4.69, 9.17) is 0 Å². The molecular weight excluding hydrogens is 305 g/mol. The minimum absolute atomic E-state index is 0.918. The van der Waals surface area contributed by atoms with E-state index in [1.165, 1.54) is 25.7 Å². The van der Waals surface area contributed by atoms with Crippen LogP contribution in [0.1, 0.15) is 39.5 Å². The van der Waals surface area contributed by atoms with Gasteiger partial charge in [0.25, 0.3) is 0 Å². The summed E-state index contributed by atoms with van der Waals surface area (Å²) in [6, 6.07) is 0. The van der Waals surface area contributed by atoms with Gasteiger partial charge >= 0.3 is 119 Å². The molecule has 0 N–H and O–H groups in total. The first-order valence-corrected chi connectivity index (χ1v) is 10.5. The third kappa shape index (κ3) is 2.80. The van der Waals surface area contributed by atoms with E-state index < -0.39 is 44.2 Å². The van der Waals surface area contributed by atoms with Crippen molar-refractivity contribution in [1.82, 2.24) is 0 Å². The van der Waals surface area contributed by atoms with Crippen LogP contribution in [0.15, 0.2) is 35.5 Å². The Morgan fingerprint density at radius 1 is 0.933 bits per heavy atom. The van der Waals surface area contributed by atoms with Gasteiger partial charge in [-0.2, -0.15) is 0 Å². The van der Waals surface area contributed by atoms with E-state index in [2.05, 4.69) is 38.2 Å². The predicted octanol–water partition coefficient (Wildman–Crippen LogP) is 3.94. The van der Waals surface area contributed by atoms with Gasteiger partial charge in [0.1, 0.15) is 0 Å². The number of hydrogen-bond acceptors (Lipinski definition) is 0. The number of rotatable bonds is 4. The molecule has 0 amide bonds. The molecule has 0 heterocycles. The van der Waals surface area contributed by atoms with Crippen molar-refractivity contribution in [3.8, 4) is 0 Å². The van der Waals surface area contributed by atoms with E-state index in [1.807, 2.05) is 0.0821 Å². The molecule has 15 heavy (non-hydrogen) atoms. The molecule has 0 unspecified atom stereocenters. The van der Waals surface area contributed by atoms with Crippen molar-refractivity contribution in [2.75, 3.05) is 0 Å². The Bertz CT molecular complexity index is 331. The van der Waals surface area contributed by atoms with Gasteiger partial charge in [-0.3, -0.25) is 0 Å². The average molecular weight is 324 g/mol. The van der Waals surface area contributed by atoms with E-state index in [9.17, 15) is 0 Å². The van der Waals surface area contributed by atoms with Gasteiger partial charge in [0, 0.05) is 0 Å². The first-order chi connectivity index (χ1) is 7.35. The molecule has 0 atom stereocenters. The molecule has 0 fully saturated rings. The van der Waals surface area contributed by atoms with Crippen LogP contribution >= 0.6 is 0 Å². The van der Waals surface area contributed by atoms with Crippen molar-refractivity contribution >= 4 is 44.2 Å². The van der Waals surface area contributed by atoms with Gasteiger partial charge in [-0.15, -0.1) is 0 Å². The maximum absolute atomic E-state index is 2.36. The second-order valence-electron chi connectivity index (χ2n) is 4.35. The number of hydrogen-bond donors (Lipinski definition) is 0. The van der Waals surface area contributed by atoms with Crippen LogP contribution in [0.5, 0.6) is 0 Å². The minimum atomic E-state index is -0.918. The topological polar surface area (TPSA) is 0 Å². The maximum atomic E-state index is 2.36. The normalized spacial score (nSPS) is 19.3. The Balaban J connectivity index is 2.10. The molecule has 0 aromatic carbocycles. The second-order valence-corrected chi connectivity index (χ2v) is 10.8. The zero-order valence-electron chi connectivity index (χ0n) is 9.84. The summed E-state index contributed by atoms with van der Waals surface area (Å²) in [5.74, 6) is 0. The summed E-state index contributed by atoms with van der Waals surface area (Å²) in [5.41, 5.74) is 3.35. The molecule has 0 aliphatic heterocycles. The van der Waals surface area contributed by atoms with Crippen molar-refractivity contribution in [3.63, 3.8) is 0 Å². The molecule has 0 aromatic rings. The third-order valence-electron chi connectivity index (χ3n) is 3.46. The van der Waals surface area contributed by atoms with E-state index in [0.29, 0.717) is 0 Å². The molecule has 2 rings (SSSR count). The Morgan fingerprint density at radius 2 is 1.40 bits per heavy atom. The second kappa shape index (κ2) is 5.74. The zero-order chi connectivity index (χ0) is 10.7. The molecule has 2 aliphatic carbocycles. The monoisotopic (exact) mass is 324 g/mol. The molecule has 0 nitrogen and oxygen atoms in total. The third-order valence-corrected chi connectivity index (χ3v) is 10.8. The zero-order valence-corrected chi connectivity index (χ0v) is 14.3. The average Bonchev–Trinajstić information content (AvgIpc) is 2.87. The fourth-order valence-electron chi connectivity index (χ4n) is 2.55.